The van der Waals surface area contributed by atoms with Crippen LogP contribution >= 0.6 is 0 Å². The molecule has 0 radical (unpaired) electrons. The highest BCUT2D eigenvalue weighted by molar-refractivity contribution is 6.08. The van der Waals surface area contributed by atoms with E-state index in [1.54, 1.807) is 0 Å². The van der Waals surface area contributed by atoms with Crippen LogP contribution in [0.5, 0.6) is 0 Å². The van der Waals surface area contributed by atoms with Crippen molar-refractivity contribution in [3.63, 3.8) is 0 Å². The molecule has 3 nitrogen and oxygen atoms in total. The Bertz CT molecular complexity index is 2040. The van der Waals surface area contributed by atoms with E-state index in [0.29, 0.717) is 0 Å². The summed E-state index contributed by atoms with van der Waals surface area (Å²) in [5.74, 6) is 0.797. The van der Waals surface area contributed by atoms with E-state index in [0.717, 1.165) is 33.8 Å². The molecule has 40 heavy (non-hydrogen) atoms. The third-order valence-corrected chi connectivity index (χ3v) is 7.90. The number of hydrogen-bond acceptors (Lipinski definition) is 3. The molecule has 0 aliphatic carbocycles. The minimum absolute atomic E-state index is 0.136. The number of anilines is 3. The molecule has 0 spiro atoms. The number of furan rings is 1. The SMILES string of the molecule is C1=CC(N(c2ccc(-c3ccccc3)cc2)c2ccc3ccc4ccccc4c3c2)Nc2oc3ccccc3c21. The monoisotopic (exact) mass is 514 g/mol. The molecule has 190 valence electrons. The summed E-state index contributed by atoms with van der Waals surface area (Å²) < 4.78 is 6.26. The number of hydrogen-bond donors (Lipinski definition) is 1. The van der Waals surface area contributed by atoms with Crippen molar-refractivity contribution >= 4 is 55.8 Å². The van der Waals surface area contributed by atoms with Crippen molar-refractivity contribution in [2.24, 2.45) is 0 Å². The van der Waals surface area contributed by atoms with Crippen LogP contribution in [-0.4, -0.2) is 6.17 Å². The molecule has 1 aliphatic heterocycles. The van der Waals surface area contributed by atoms with Crippen molar-refractivity contribution in [1.82, 2.24) is 0 Å². The molecule has 0 saturated carbocycles. The fourth-order valence-electron chi connectivity index (χ4n) is 5.91. The standard InChI is InChI=1S/C37H26N2O/c1-2-8-25(9-3-1)26-16-19-29(20-17-26)39(36-23-22-33-32-12-6-7-13-35(32)40-37(33)38-36)30-21-18-28-15-14-27-10-4-5-11-31(27)34(28)24-30/h1-24,36,38H. The lowest BCUT2D eigenvalue weighted by Crippen LogP contribution is -2.37. The third-order valence-electron chi connectivity index (χ3n) is 7.90. The number of rotatable bonds is 4. The molecule has 1 unspecified atom stereocenters. The summed E-state index contributed by atoms with van der Waals surface area (Å²) in [6.07, 6.45) is 4.27. The third kappa shape index (κ3) is 3.75. The quantitative estimate of drug-likeness (QED) is 0.237. The van der Waals surface area contributed by atoms with Gasteiger partial charge in [-0.25, -0.2) is 0 Å². The van der Waals surface area contributed by atoms with Gasteiger partial charge in [-0.05, 0) is 75.2 Å². The summed E-state index contributed by atoms with van der Waals surface area (Å²) in [6.45, 7) is 0. The minimum Gasteiger partial charge on any atom is -0.440 e. The number of nitrogens with zero attached hydrogens (tertiary/aromatic N) is 1. The lowest BCUT2D eigenvalue weighted by Gasteiger charge is -2.34. The molecule has 1 N–H and O–H groups in total. The zero-order valence-electron chi connectivity index (χ0n) is 21.8. The fraction of sp³-hybridized carbons (Fsp3) is 0.0270. The summed E-state index contributed by atoms with van der Waals surface area (Å²) in [6, 6.07) is 47.3. The molecule has 1 atom stereocenters. The first-order valence-corrected chi connectivity index (χ1v) is 13.6. The Labute approximate surface area is 232 Å². The molecular weight excluding hydrogens is 488 g/mol. The summed E-state index contributed by atoms with van der Waals surface area (Å²) in [4.78, 5) is 2.35. The van der Waals surface area contributed by atoms with Gasteiger partial charge in [0.05, 0.1) is 0 Å². The predicted molar refractivity (Wildman–Crippen MR) is 168 cm³/mol. The lowest BCUT2D eigenvalue weighted by atomic mass is 10.0. The topological polar surface area (TPSA) is 28.4 Å². The Morgan fingerprint density at radius 1 is 0.550 bits per heavy atom. The fourth-order valence-corrected chi connectivity index (χ4v) is 5.91. The van der Waals surface area contributed by atoms with Crippen LogP contribution < -0.4 is 10.2 Å². The molecule has 0 saturated heterocycles. The molecule has 0 amide bonds. The van der Waals surface area contributed by atoms with Crippen molar-refractivity contribution in [2.45, 2.75) is 6.17 Å². The molecule has 7 aromatic rings. The van der Waals surface area contributed by atoms with Gasteiger partial charge in [0.1, 0.15) is 11.7 Å². The van der Waals surface area contributed by atoms with Crippen LogP contribution in [-0.2, 0) is 0 Å². The van der Waals surface area contributed by atoms with E-state index in [-0.39, 0.29) is 6.17 Å². The number of fused-ring (bicyclic) bond motifs is 6. The first kappa shape index (κ1) is 22.7. The van der Waals surface area contributed by atoms with Crippen molar-refractivity contribution in [3.8, 4) is 11.1 Å². The number of nitrogens with one attached hydrogen (secondary N) is 1. The highest BCUT2D eigenvalue weighted by Gasteiger charge is 2.26. The maximum Gasteiger partial charge on any atom is 0.203 e. The van der Waals surface area contributed by atoms with Crippen LogP contribution in [0.4, 0.5) is 17.3 Å². The second kappa shape index (κ2) is 9.18. The predicted octanol–water partition coefficient (Wildman–Crippen LogP) is 10.0. The van der Waals surface area contributed by atoms with Gasteiger partial charge in [-0.2, -0.15) is 0 Å². The molecule has 8 rings (SSSR count). The van der Waals surface area contributed by atoms with Crippen molar-refractivity contribution in [1.29, 1.82) is 0 Å². The Morgan fingerprint density at radius 3 is 2.05 bits per heavy atom. The van der Waals surface area contributed by atoms with E-state index in [9.17, 15) is 0 Å². The van der Waals surface area contributed by atoms with Gasteiger partial charge >= 0.3 is 0 Å². The maximum atomic E-state index is 6.26. The molecule has 6 aromatic carbocycles. The van der Waals surface area contributed by atoms with Gasteiger partial charge in [0.15, 0.2) is 0 Å². The van der Waals surface area contributed by atoms with Crippen LogP contribution in [0.15, 0.2) is 144 Å². The first-order chi connectivity index (χ1) is 19.8. The number of para-hydroxylation sites is 1. The van der Waals surface area contributed by atoms with Gasteiger partial charge in [0.2, 0.25) is 5.88 Å². The molecular formula is C37H26N2O. The maximum absolute atomic E-state index is 6.26. The molecule has 0 bridgehead atoms. The summed E-state index contributed by atoms with van der Waals surface area (Å²) in [5.41, 5.74) is 6.59. The Kier molecular flexibility index (Phi) is 5.20. The van der Waals surface area contributed by atoms with Gasteiger partial charge < -0.3 is 14.6 Å². The van der Waals surface area contributed by atoms with E-state index >= 15 is 0 Å². The van der Waals surface area contributed by atoms with Crippen LogP contribution in [0.3, 0.4) is 0 Å². The van der Waals surface area contributed by atoms with Crippen molar-refractivity contribution in [2.75, 3.05) is 10.2 Å². The van der Waals surface area contributed by atoms with Crippen molar-refractivity contribution < 1.29 is 4.42 Å². The minimum atomic E-state index is -0.136. The second-order valence-corrected chi connectivity index (χ2v) is 10.3. The molecule has 2 heterocycles. The van der Waals surface area contributed by atoms with E-state index in [4.69, 9.17) is 4.42 Å². The Balaban J connectivity index is 1.27. The van der Waals surface area contributed by atoms with E-state index < -0.39 is 0 Å². The van der Waals surface area contributed by atoms with Crippen LogP contribution in [0.2, 0.25) is 0 Å². The molecule has 3 heteroatoms. The van der Waals surface area contributed by atoms with E-state index in [2.05, 4.69) is 144 Å². The van der Waals surface area contributed by atoms with E-state index in [1.165, 1.54) is 32.7 Å². The second-order valence-electron chi connectivity index (χ2n) is 10.3. The van der Waals surface area contributed by atoms with Gasteiger partial charge in [-0.15, -0.1) is 0 Å². The van der Waals surface area contributed by atoms with Gasteiger partial charge in [0.25, 0.3) is 0 Å². The largest absolute Gasteiger partial charge is 0.440 e. The van der Waals surface area contributed by atoms with Crippen LogP contribution in [0.25, 0.3) is 49.7 Å². The van der Waals surface area contributed by atoms with Gasteiger partial charge in [-0.3, -0.25) is 0 Å². The highest BCUT2D eigenvalue weighted by atomic mass is 16.4. The van der Waals surface area contributed by atoms with Gasteiger partial charge in [0, 0.05) is 22.3 Å². The highest BCUT2D eigenvalue weighted by Crippen LogP contribution is 2.39. The molecule has 1 aromatic heterocycles. The summed E-state index contributed by atoms with van der Waals surface area (Å²) in [7, 11) is 0. The summed E-state index contributed by atoms with van der Waals surface area (Å²) >= 11 is 0. The summed E-state index contributed by atoms with van der Waals surface area (Å²) in [5, 5.41) is 9.78. The van der Waals surface area contributed by atoms with E-state index in [1.807, 2.05) is 12.1 Å². The average Bonchev–Trinajstić information content (AvgIpc) is 3.40. The number of benzene rings is 6. The molecule has 1 aliphatic rings. The Morgan fingerprint density at radius 2 is 1.20 bits per heavy atom. The van der Waals surface area contributed by atoms with Crippen LogP contribution in [0, 0.1) is 0 Å². The Hall–Kier alpha value is -5.28. The van der Waals surface area contributed by atoms with Gasteiger partial charge in [-0.1, -0.05) is 103 Å². The molecule has 0 fully saturated rings. The zero-order valence-corrected chi connectivity index (χ0v) is 21.8. The van der Waals surface area contributed by atoms with Crippen molar-refractivity contribution in [3.05, 3.63) is 145 Å². The lowest BCUT2D eigenvalue weighted by molar-refractivity contribution is 0.616. The average molecular weight is 515 g/mol. The normalized spacial score (nSPS) is 14.3. The first-order valence-electron chi connectivity index (χ1n) is 13.6. The smallest absolute Gasteiger partial charge is 0.203 e. The zero-order chi connectivity index (χ0) is 26.5. The van der Waals surface area contributed by atoms with Crippen LogP contribution in [0.1, 0.15) is 5.56 Å².